The van der Waals surface area contributed by atoms with Gasteiger partial charge in [0.1, 0.15) is 0 Å². The molecule has 2 aromatic carbocycles. The topological polar surface area (TPSA) is 62.2 Å². The third-order valence-electron chi connectivity index (χ3n) is 6.44. The van der Waals surface area contributed by atoms with E-state index >= 15 is 0 Å². The molecular formula is C28H26ClN5OS. The first-order valence-corrected chi connectivity index (χ1v) is 12.4. The van der Waals surface area contributed by atoms with Crippen LogP contribution in [-0.2, 0) is 4.79 Å². The molecule has 0 aliphatic carbocycles. The van der Waals surface area contributed by atoms with Crippen molar-refractivity contribution >= 4 is 46.2 Å². The lowest BCUT2D eigenvalue weighted by Crippen LogP contribution is -2.29. The van der Waals surface area contributed by atoms with E-state index in [4.69, 9.17) is 23.8 Å². The van der Waals surface area contributed by atoms with Crippen LogP contribution in [0.15, 0.2) is 79.0 Å². The molecule has 0 saturated carbocycles. The van der Waals surface area contributed by atoms with Crippen LogP contribution < -0.4 is 15.5 Å². The average Bonchev–Trinajstić information content (AvgIpc) is 3.35. The van der Waals surface area contributed by atoms with E-state index < -0.39 is 0 Å². The van der Waals surface area contributed by atoms with E-state index in [0.29, 0.717) is 10.1 Å². The van der Waals surface area contributed by atoms with Gasteiger partial charge in [0.2, 0.25) is 5.91 Å². The lowest BCUT2D eigenvalue weighted by atomic mass is 9.96. The van der Waals surface area contributed by atoms with Gasteiger partial charge in [0.15, 0.2) is 5.11 Å². The molecule has 1 aliphatic heterocycles. The molecule has 182 valence electrons. The van der Waals surface area contributed by atoms with Crippen molar-refractivity contribution in [1.29, 1.82) is 0 Å². The van der Waals surface area contributed by atoms with Crippen LogP contribution in [0, 0.1) is 13.8 Å². The number of halogens is 1. The molecule has 2 aromatic heterocycles. The Labute approximate surface area is 220 Å². The molecule has 8 heteroatoms. The predicted molar refractivity (Wildman–Crippen MR) is 149 cm³/mol. The summed E-state index contributed by atoms with van der Waals surface area (Å²) in [5.74, 6) is -0.108. The highest BCUT2D eigenvalue weighted by Crippen LogP contribution is 2.44. The number of hydrogen-bond acceptors (Lipinski definition) is 3. The van der Waals surface area contributed by atoms with Crippen molar-refractivity contribution in [1.82, 2.24) is 14.9 Å². The van der Waals surface area contributed by atoms with Gasteiger partial charge in [-0.05, 0) is 98.4 Å². The van der Waals surface area contributed by atoms with Crippen molar-refractivity contribution in [3.05, 3.63) is 107 Å². The van der Waals surface area contributed by atoms with Gasteiger partial charge in [0.25, 0.3) is 0 Å². The molecule has 2 atom stereocenters. The van der Waals surface area contributed by atoms with Crippen LogP contribution in [0.3, 0.4) is 0 Å². The van der Waals surface area contributed by atoms with E-state index in [1.807, 2.05) is 66.7 Å². The van der Waals surface area contributed by atoms with Crippen LogP contribution >= 0.6 is 23.8 Å². The van der Waals surface area contributed by atoms with Crippen molar-refractivity contribution in [3.8, 4) is 5.69 Å². The number of pyridine rings is 1. The number of thiocarbonyl (C=S) groups is 1. The molecule has 1 saturated heterocycles. The van der Waals surface area contributed by atoms with Crippen LogP contribution in [0.25, 0.3) is 5.69 Å². The van der Waals surface area contributed by atoms with Gasteiger partial charge in [-0.25, -0.2) is 0 Å². The number of nitrogens with zero attached hydrogens (tertiary/aromatic N) is 3. The zero-order chi connectivity index (χ0) is 25.4. The van der Waals surface area contributed by atoms with E-state index in [1.54, 1.807) is 6.20 Å². The number of aryl methyl sites for hydroxylation is 1. The normalized spacial score (nSPS) is 17.2. The fourth-order valence-electron chi connectivity index (χ4n) is 4.93. The minimum Gasteiger partial charge on any atom is -0.351 e. The first kappa shape index (κ1) is 24.0. The Hall–Kier alpha value is -3.68. The highest BCUT2D eigenvalue weighted by Gasteiger charge is 2.42. The highest BCUT2D eigenvalue weighted by molar-refractivity contribution is 7.80. The van der Waals surface area contributed by atoms with Gasteiger partial charge in [-0.1, -0.05) is 17.7 Å². The molecular weight excluding hydrogens is 490 g/mol. The maximum absolute atomic E-state index is 11.5. The van der Waals surface area contributed by atoms with Crippen molar-refractivity contribution in [2.75, 3.05) is 10.2 Å². The first-order valence-electron chi connectivity index (χ1n) is 11.7. The second-order valence-electron chi connectivity index (χ2n) is 8.86. The Balaban J connectivity index is 1.62. The largest absolute Gasteiger partial charge is 0.351 e. The van der Waals surface area contributed by atoms with Crippen molar-refractivity contribution in [2.45, 2.75) is 32.9 Å². The van der Waals surface area contributed by atoms with Gasteiger partial charge in [0.05, 0.1) is 17.8 Å². The van der Waals surface area contributed by atoms with Crippen LogP contribution in [0.4, 0.5) is 11.4 Å². The van der Waals surface area contributed by atoms with Crippen LogP contribution in [0.5, 0.6) is 0 Å². The Morgan fingerprint density at radius 2 is 1.72 bits per heavy atom. The number of aromatic nitrogens is 2. The predicted octanol–water partition coefficient (Wildman–Crippen LogP) is 6.28. The third-order valence-corrected chi connectivity index (χ3v) is 7.00. The molecule has 0 unspecified atom stereocenters. The maximum atomic E-state index is 11.5. The number of rotatable bonds is 5. The molecule has 2 N–H and O–H groups in total. The summed E-state index contributed by atoms with van der Waals surface area (Å²) in [7, 11) is 0. The molecule has 0 bridgehead atoms. The van der Waals surface area contributed by atoms with Crippen LogP contribution in [-0.4, -0.2) is 20.6 Å². The number of hydrogen-bond donors (Lipinski definition) is 2. The molecule has 1 fully saturated rings. The summed E-state index contributed by atoms with van der Waals surface area (Å²) in [5.41, 5.74) is 7.02. The van der Waals surface area contributed by atoms with E-state index in [-0.39, 0.29) is 18.0 Å². The fraction of sp³-hybridized carbons (Fsp3) is 0.179. The Bertz CT molecular complexity index is 1420. The number of carbonyl (C=O) groups excluding carboxylic acids is 1. The quantitative estimate of drug-likeness (QED) is 0.306. The van der Waals surface area contributed by atoms with Gasteiger partial charge in [-0.3, -0.25) is 9.78 Å². The van der Waals surface area contributed by atoms with Crippen molar-refractivity contribution in [3.63, 3.8) is 0 Å². The SMILES string of the molecule is CC(=O)Nc1ccc(N2C(=S)N[C@@H](c3ccccn3)[C@@H]2c2cc(C)n(-c3ccc(Cl)cc3)c2C)cc1. The van der Waals surface area contributed by atoms with E-state index in [1.165, 1.54) is 6.92 Å². The minimum atomic E-state index is -0.145. The van der Waals surface area contributed by atoms with E-state index in [2.05, 4.69) is 45.0 Å². The van der Waals surface area contributed by atoms with Crippen LogP contribution in [0.2, 0.25) is 5.02 Å². The lowest BCUT2D eigenvalue weighted by molar-refractivity contribution is -0.114. The van der Waals surface area contributed by atoms with Gasteiger partial charge < -0.3 is 20.1 Å². The molecule has 0 spiro atoms. The molecule has 5 rings (SSSR count). The smallest absolute Gasteiger partial charge is 0.221 e. The highest BCUT2D eigenvalue weighted by atomic mass is 35.5. The summed E-state index contributed by atoms with van der Waals surface area (Å²) >= 11 is 12.0. The zero-order valence-corrected chi connectivity index (χ0v) is 21.8. The summed E-state index contributed by atoms with van der Waals surface area (Å²) in [6, 6.07) is 23.5. The van der Waals surface area contributed by atoms with Gasteiger partial charge in [0, 0.05) is 46.6 Å². The summed E-state index contributed by atoms with van der Waals surface area (Å²) in [4.78, 5) is 18.3. The lowest BCUT2D eigenvalue weighted by Gasteiger charge is -2.28. The summed E-state index contributed by atoms with van der Waals surface area (Å²) in [6.45, 7) is 5.73. The summed E-state index contributed by atoms with van der Waals surface area (Å²) < 4.78 is 2.24. The summed E-state index contributed by atoms with van der Waals surface area (Å²) in [5, 5.41) is 7.67. The second-order valence-corrected chi connectivity index (χ2v) is 9.69. The first-order chi connectivity index (χ1) is 17.3. The monoisotopic (exact) mass is 515 g/mol. The molecule has 36 heavy (non-hydrogen) atoms. The number of carbonyl (C=O) groups is 1. The van der Waals surface area contributed by atoms with Crippen LogP contribution in [0.1, 0.15) is 41.7 Å². The number of nitrogens with one attached hydrogen (secondary N) is 2. The average molecular weight is 516 g/mol. The number of amides is 1. The van der Waals surface area contributed by atoms with Crippen molar-refractivity contribution in [2.24, 2.45) is 0 Å². The number of benzene rings is 2. The van der Waals surface area contributed by atoms with Gasteiger partial charge in [-0.15, -0.1) is 0 Å². The number of anilines is 2. The van der Waals surface area contributed by atoms with Crippen molar-refractivity contribution < 1.29 is 4.79 Å². The van der Waals surface area contributed by atoms with Gasteiger partial charge in [-0.2, -0.15) is 0 Å². The maximum Gasteiger partial charge on any atom is 0.221 e. The minimum absolute atomic E-state index is 0.108. The molecule has 0 radical (unpaired) electrons. The van der Waals surface area contributed by atoms with Gasteiger partial charge >= 0.3 is 0 Å². The Kier molecular flexibility index (Phi) is 6.51. The molecule has 1 amide bonds. The second kappa shape index (κ2) is 9.76. The standard InChI is InChI=1S/C28H26ClN5OS/c1-17-16-24(18(2)33(17)22-11-7-20(29)8-12-22)27-26(25-6-4-5-15-30-25)32-28(36)34(27)23-13-9-21(10-14-23)31-19(3)35/h4-16,26-27H,1-3H3,(H,31,35)(H,32,36)/t26-,27-/m0/s1. The Morgan fingerprint density at radius 1 is 1.03 bits per heavy atom. The van der Waals surface area contributed by atoms with E-state index in [9.17, 15) is 4.79 Å². The molecule has 6 nitrogen and oxygen atoms in total. The molecule has 3 heterocycles. The Morgan fingerprint density at radius 3 is 2.36 bits per heavy atom. The molecule has 4 aromatic rings. The third kappa shape index (κ3) is 4.47. The zero-order valence-electron chi connectivity index (χ0n) is 20.2. The van der Waals surface area contributed by atoms with E-state index in [0.717, 1.165) is 39.7 Å². The fourth-order valence-corrected chi connectivity index (χ4v) is 5.40. The molecule has 1 aliphatic rings. The summed E-state index contributed by atoms with van der Waals surface area (Å²) in [6.07, 6.45) is 1.80.